The molecule has 0 N–H and O–H groups in total. The molecular weight excluding hydrogens is 333 g/mol. The number of benzene rings is 1. The summed E-state index contributed by atoms with van der Waals surface area (Å²) < 4.78 is 39.7. The molecule has 0 aliphatic carbocycles. The summed E-state index contributed by atoms with van der Waals surface area (Å²) in [5, 5.41) is 0. The summed E-state index contributed by atoms with van der Waals surface area (Å²) in [6.07, 6.45) is -3.37. The number of halogens is 4. The molecular formula is C14H14BrF3N2. The third-order valence-electron chi connectivity index (χ3n) is 3.04. The molecule has 0 fully saturated rings. The summed E-state index contributed by atoms with van der Waals surface area (Å²) in [6.45, 7) is 4.22. The Bertz CT molecular complexity index is 585. The van der Waals surface area contributed by atoms with E-state index >= 15 is 0 Å². The number of nitrogens with zero attached hydrogens (tertiary/aromatic N) is 2. The van der Waals surface area contributed by atoms with Crippen LogP contribution in [0.1, 0.15) is 29.9 Å². The van der Waals surface area contributed by atoms with Gasteiger partial charge in [-0.3, -0.25) is 0 Å². The maximum atomic E-state index is 12.7. The Morgan fingerprint density at radius 2 is 1.85 bits per heavy atom. The van der Waals surface area contributed by atoms with Crippen LogP contribution in [-0.2, 0) is 12.7 Å². The first kappa shape index (κ1) is 15.1. The van der Waals surface area contributed by atoms with Crippen molar-refractivity contribution < 1.29 is 13.2 Å². The van der Waals surface area contributed by atoms with Crippen LogP contribution in [0.4, 0.5) is 13.2 Å². The van der Waals surface area contributed by atoms with Gasteiger partial charge in [-0.15, -0.1) is 0 Å². The molecule has 108 valence electrons. The van der Waals surface area contributed by atoms with Crippen molar-refractivity contribution in [2.24, 2.45) is 0 Å². The normalized spacial score (nSPS) is 13.5. The number of hydrogen-bond donors (Lipinski definition) is 0. The first-order valence-corrected chi connectivity index (χ1v) is 7.13. The van der Waals surface area contributed by atoms with E-state index in [0.29, 0.717) is 17.9 Å². The Labute approximate surface area is 123 Å². The maximum Gasteiger partial charge on any atom is 0.434 e. The zero-order chi connectivity index (χ0) is 14.9. The molecule has 1 atom stereocenters. The highest BCUT2D eigenvalue weighted by atomic mass is 79.9. The molecule has 2 rings (SSSR count). The van der Waals surface area contributed by atoms with Crippen LogP contribution in [0.15, 0.2) is 30.5 Å². The zero-order valence-corrected chi connectivity index (χ0v) is 12.7. The van der Waals surface area contributed by atoms with Crippen molar-refractivity contribution in [3.8, 4) is 11.4 Å². The Hall–Kier alpha value is -1.30. The first-order valence-electron chi connectivity index (χ1n) is 6.21. The zero-order valence-electron chi connectivity index (χ0n) is 11.1. The van der Waals surface area contributed by atoms with Crippen LogP contribution >= 0.6 is 15.9 Å². The van der Waals surface area contributed by atoms with Crippen molar-refractivity contribution in [1.82, 2.24) is 9.55 Å². The number of aryl methyl sites for hydroxylation is 1. The van der Waals surface area contributed by atoms with Crippen LogP contribution in [0, 0.1) is 0 Å². The van der Waals surface area contributed by atoms with Crippen LogP contribution in [0.2, 0.25) is 0 Å². The third-order valence-corrected chi connectivity index (χ3v) is 3.56. The fraction of sp³-hybridized carbons (Fsp3) is 0.357. The summed E-state index contributed by atoms with van der Waals surface area (Å²) in [6, 6.07) is 7.36. The van der Waals surface area contributed by atoms with Gasteiger partial charge < -0.3 is 4.57 Å². The minimum atomic E-state index is -4.42. The van der Waals surface area contributed by atoms with Crippen molar-refractivity contribution in [3.05, 3.63) is 41.7 Å². The van der Waals surface area contributed by atoms with Crippen molar-refractivity contribution in [2.45, 2.75) is 31.4 Å². The number of hydrogen-bond acceptors (Lipinski definition) is 1. The number of alkyl halides is 4. The van der Waals surface area contributed by atoms with E-state index in [1.54, 1.807) is 19.1 Å². The standard InChI is InChI=1S/C14H14BrF3N2/c1-3-20-8-12(14(16,17)18)19-13(20)11-6-4-10(5-7-11)9(2)15/h4-9H,3H2,1-2H3. The van der Waals surface area contributed by atoms with E-state index in [0.717, 1.165) is 11.8 Å². The van der Waals surface area contributed by atoms with E-state index in [1.807, 2.05) is 19.1 Å². The van der Waals surface area contributed by atoms with Gasteiger partial charge in [0.05, 0.1) is 0 Å². The number of rotatable bonds is 3. The predicted molar refractivity (Wildman–Crippen MR) is 75.7 cm³/mol. The van der Waals surface area contributed by atoms with Crippen LogP contribution in [-0.4, -0.2) is 9.55 Å². The molecule has 0 saturated carbocycles. The van der Waals surface area contributed by atoms with E-state index in [2.05, 4.69) is 20.9 Å². The minimum Gasteiger partial charge on any atom is -0.331 e. The van der Waals surface area contributed by atoms with E-state index < -0.39 is 11.9 Å². The summed E-state index contributed by atoms with van der Waals surface area (Å²) in [5.74, 6) is 0.341. The van der Waals surface area contributed by atoms with Gasteiger partial charge >= 0.3 is 6.18 Å². The summed E-state index contributed by atoms with van der Waals surface area (Å²) in [4.78, 5) is 3.93. The lowest BCUT2D eigenvalue weighted by Gasteiger charge is -2.07. The van der Waals surface area contributed by atoms with Gasteiger partial charge in [0, 0.05) is 23.1 Å². The Morgan fingerprint density at radius 1 is 1.25 bits per heavy atom. The van der Waals surface area contributed by atoms with E-state index in [9.17, 15) is 13.2 Å². The van der Waals surface area contributed by atoms with Crippen molar-refractivity contribution >= 4 is 15.9 Å². The molecule has 2 aromatic rings. The van der Waals surface area contributed by atoms with Gasteiger partial charge in [0.15, 0.2) is 5.69 Å². The maximum absolute atomic E-state index is 12.7. The van der Waals surface area contributed by atoms with Gasteiger partial charge in [-0.2, -0.15) is 13.2 Å². The van der Waals surface area contributed by atoms with Gasteiger partial charge in [-0.1, -0.05) is 40.2 Å². The fourth-order valence-corrected chi connectivity index (χ4v) is 2.23. The molecule has 0 aliphatic rings. The molecule has 2 nitrogen and oxygen atoms in total. The number of imidazole rings is 1. The van der Waals surface area contributed by atoms with Crippen LogP contribution < -0.4 is 0 Å². The molecule has 1 aromatic heterocycles. The van der Waals surface area contributed by atoms with Crippen LogP contribution in [0.25, 0.3) is 11.4 Å². The molecule has 20 heavy (non-hydrogen) atoms. The Morgan fingerprint density at radius 3 is 2.30 bits per heavy atom. The second-order valence-corrected chi connectivity index (χ2v) is 5.85. The number of aromatic nitrogens is 2. The smallest absolute Gasteiger partial charge is 0.331 e. The lowest BCUT2D eigenvalue weighted by molar-refractivity contribution is -0.140. The SMILES string of the molecule is CCn1cc(C(F)(F)F)nc1-c1ccc(C(C)Br)cc1. The fourth-order valence-electron chi connectivity index (χ4n) is 1.92. The monoisotopic (exact) mass is 346 g/mol. The summed E-state index contributed by atoms with van der Waals surface area (Å²) in [7, 11) is 0. The highest BCUT2D eigenvalue weighted by Crippen LogP contribution is 2.31. The minimum absolute atomic E-state index is 0.202. The van der Waals surface area contributed by atoms with E-state index in [1.165, 1.54) is 4.57 Å². The molecule has 0 saturated heterocycles. The van der Waals surface area contributed by atoms with Gasteiger partial charge in [0.1, 0.15) is 5.82 Å². The van der Waals surface area contributed by atoms with Crippen molar-refractivity contribution in [3.63, 3.8) is 0 Å². The third kappa shape index (κ3) is 3.06. The Balaban J connectivity index is 2.43. The molecule has 1 heterocycles. The lowest BCUT2D eigenvalue weighted by atomic mass is 10.1. The summed E-state index contributed by atoms with van der Waals surface area (Å²) in [5.41, 5.74) is 0.894. The molecule has 0 radical (unpaired) electrons. The second kappa shape index (κ2) is 5.60. The van der Waals surface area contributed by atoms with Crippen LogP contribution in [0.5, 0.6) is 0 Å². The summed E-state index contributed by atoms with van der Waals surface area (Å²) >= 11 is 3.45. The molecule has 0 amide bonds. The largest absolute Gasteiger partial charge is 0.434 e. The quantitative estimate of drug-likeness (QED) is 0.711. The Kier molecular flexibility index (Phi) is 4.22. The van der Waals surface area contributed by atoms with Crippen LogP contribution in [0.3, 0.4) is 0 Å². The predicted octanol–water partition coefficient (Wildman–Crippen LogP) is 5.04. The van der Waals surface area contributed by atoms with E-state index in [-0.39, 0.29) is 4.83 Å². The highest BCUT2D eigenvalue weighted by Gasteiger charge is 2.34. The first-order chi connectivity index (χ1) is 9.32. The van der Waals surface area contributed by atoms with Crippen molar-refractivity contribution in [2.75, 3.05) is 0 Å². The highest BCUT2D eigenvalue weighted by molar-refractivity contribution is 9.09. The molecule has 1 unspecified atom stereocenters. The topological polar surface area (TPSA) is 17.8 Å². The average molecular weight is 347 g/mol. The molecule has 0 spiro atoms. The van der Waals surface area contributed by atoms with Gasteiger partial charge in [0.25, 0.3) is 0 Å². The lowest BCUT2D eigenvalue weighted by Crippen LogP contribution is -2.05. The van der Waals surface area contributed by atoms with Crippen molar-refractivity contribution in [1.29, 1.82) is 0 Å². The average Bonchev–Trinajstić information content (AvgIpc) is 2.82. The van der Waals surface area contributed by atoms with Gasteiger partial charge in [-0.05, 0) is 19.4 Å². The second-order valence-electron chi connectivity index (χ2n) is 4.47. The molecule has 0 bridgehead atoms. The van der Waals surface area contributed by atoms with Gasteiger partial charge in [0.2, 0.25) is 0 Å². The van der Waals surface area contributed by atoms with E-state index in [4.69, 9.17) is 0 Å². The molecule has 6 heteroatoms. The molecule has 0 aliphatic heterocycles. The van der Waals surface area contributed by atoms with Gasteiger partial charge in [-0.25, -0.2) is 4.98 Å². The molecule has 1 aromatic carbocycles.